The van der Waals surface area contributed by atoms with Crippen LogP contribution in [0.5, 0.6) is 0 Å². The molecule has 104 valence electrons. The SMILES string of the molecule is Cc1[nH]ncc1C(=O)NCC1CCCCC1C(=O)O. The van der Waals surface area contributed by atoms with Crippen LogP contribution in [0.3, 0.4) is 0 Å². The van der Waals surface area contributed by atoms with E-state index in [2.05, 4.69) is 15.5 Å². The van der Waals surface area contributed by atoms with Gasteiger partial charge >= 0.3 is 5.97 Å². The molecule has 19 heavy (non-hydrogen) atoms. The molecule has 0 aromatic carbocycles. The molecule has 1 fully saturated rings. The number of aromatic amines is 1. The van der Waals surface area contributed by atoms with Gasteiger partial charge in [0.15, 0.2) is 0 Å². The number of hydrogen-bond donors (Lipinski definition) is 3. The minimum absolute atomic E-state index is 0.0300. The Morgan fingerprint density at radius 1 is 1.47 bits per heavy atom. The van der Waals surface area contributed by atoms with E-state index in [1.807, 2.05) is 0 Å². The molecule has 1 saturated carbocycles. The number of nitrogens with zero attached hydrogens (tertiary/aromatic N) is 1. The first-order valence-electron chi connectivity index (χ1n) is 6.60. The number of H-pyrrole nitrogens is 1. The van der Waals surface area contributed by atoms with Crippen molar-refractivity contribution in [1.82, 2.24) is 15.5 Å². The van der Waals surface area contributed by atoms with Crippen LogP contribution in [0.4, 0.5) is 0 Å². The monoisotopic (exact) mass is 265 g/mol. The van der Waals surface area contributed by atoms with Crippen molar-refractivity contribution in [3.8, 4) is 0 Å². The van der Waals surface area contributed by atoms with Gasteiger partial charge in [-0.2, -0.15) is 5.10 Å². The van der Waals surface area contributed by atoms with E-state index in [1.54, 1.807) is 6.92 Å². The highest BCUT2D eigenvalue weighted by Crippen LogP contribution is 2.29. The molecule has 1 aromatic heterocycles. The van der Waals surface area contributed by atoms with Gasteiger partial charge in [0.2, 0.25) is 0 Å². The van der Waals surface area contributed by atoms with Crippen LogP contribution in [0, 0.1) is 18.8 Å². The molecule has 2 atom stereocenters. The van der Waals surface area contributed by atoms with Gasteiger partial charge in [0.1, 0.15) is 0 Å². The van der Waals surface area contributed by atoms with Crippen molar-refractivity contribution in [1.29, 1.82) is 0 Å². The lowest BCUT2D eigenvalue weighted by molar-refractivity contribution is -0.144. The van der Waals surface area contributed by atoms with Gasteiger partial charge < -0.3 is 10.4 Å². The molecule has 6 heteroatoms. The highest BCUT2D eigenvalue weighted by molar-refractivity contribution is 5.94. The number of nitrogens with one attached hydrogen (secondary N) is 2. The highest BCUT2D eigenvalue weighted by atomic mass is 16.4. The maximum Gasteiger partial charge on any atom is 0.306 e. The van der Waals surface area contributed by atoms with Crippen LogP contribution in [-0.4, -0.2) is 33.7 Å². The first-order valence-corrected chi connectivity index (χ1v) is 6.60. The normalized spacial score (nSPS) is 23.0. The van der Waals surface area contributed by atoms with E-state index < -0.39 is 5.97 Å². The molecule has 1 aliphatic carbocycles. The Morgan fingerprint density at radius 3 is 2.84 bits per heavy atom. The number of amides is 1. The van der Waals surface area contributed by atoms with Crippen molar-refractivity contribution in [3.05, 3.63) is 17.5 Å². The van der Waals surface area contributed by atoms with Crippen LogP contribution < -0.4 is 5.32 Å². The second-order valence-corrected chi connectivity index (χ2v) is 5.11. The van der Waals surface area contributed by atoms with Gasteiger partial charge in [-0.25, -0.2) is 0 Å². The molecule has 6 nitrogen and oxygen atoms in total. The summed E-state index contributed by atoms with van der Waals surface area (Å²) < 4.78 is 0. The Bertz CT molecular complexity index is 469. The van der Waals surface area contributed by atoms with Crippen molar-refractivity contribution < 1.29 is 14.7 Å². The first kappa shape index (κ1) is 13.6. The Hall–Kier alpha value is -1.85. The van der Waals surface area contributed by atoms with Crippen molar-refractivity contribution >= 4 is 11.9 Å². The van der Waals surface area contributed by atoms with E-state index in [0.29, 0.717) is 18.5 Å². The molecular weight excluding hydrogens is 246 g/mol. The summed E-state index contributed by atoms with van der Waals surface area (Å²) in [4.78, 5) is 23.1. The number of carbonyl (C=O) groups excluding carboxylic acids is 1. The summed E-state index contributed by atoms with van der Waals surface area (Å²) in [6, 6.07) is 0. The molecule has 2 unspecified atom stereocenters. The number of carboxylic acids is 1. The van der Waals surface area contributed by atoms with Gasteiger partial charge in [-0.3, -0.25) is 14.7 Å². The summed E-state index contributed by atoms with van der Waals surface area (Å²) >= 11 is 0. The third-order valence-corrected chi connectivity index (χ3v) is 3.83. The Labute approximate surface area is 111 Å². The van der Waals surface area contributed by atoms with Crippen LogP contribution in [0.2, 0.25) is 0 Å². The molecule has 1 aromatic rings. The molecule has 0 radical (unpaired) electrons. The molecule has 0 spiro atoms. The van der Waals surface area contributed by atoms with E-state index in [4.69, 9.17) is 0 Å². The van der Waals surface area contributed by atoms with Crippen LogP contribution in [-0.2, 0) is 4.79 Å². The summed E-state index contributed by atoms with van der Waals surface area (Å²) in [6.45, 7) is 2.20. The van der Waals surface area contributed by atoms with E-state index in [0.717, 1.165) is 25.0 Å². The zero-order chi connectivity index (χ0) is 13.8. The van der Waals surface area contributed by atoms with Gasteiger partial charge in [-0.15, -0.1) is 0 Å². The predicted octanol–water partition coefficient (Wildman–Crippen LogP) is 1.34. The van der Waals surface area contributed by atoms with Crippen molar-refractivity contribution in [3.63, 3.8) is 0 Å². The average Bonchev–Trinajstić information content (AvgIpc) is 2.82. The lowest BCUT2D eigenvalue weighted by atomic mass is 9.79. The van der Waals surface area contributed by atoms with Gasteiger partial charge in [-0.1, -0.05) is 12.8 Å². The molecular formula is C13H19N3O3. The fraction of sp³-hybridized carbons (Fsp3) is 0.615. The number of carbonyl (C=O) groups is 2. The number of aliphatic carboxylic acids is 1. The molecule has 1 heterocycles. The average molecular weight is 265 g/mol. The molecule has 3 N–H and O–H groups in total. The third-order valence-electron chi connectivity index (χ3n) is 3.83. The van der Waals surface area contributed by atoms with Gasteiger partial charge in [0, 0.05) is 12.2 Å². The fourth-order valence-electron chi connectivity index (χ4n) is 2.68. The van der Waals surface area contributed by atoms with E-state index in [1.165, 1.54) is 6.20 Å². The summed E-state index contributed by atoms with van der Waals surface area (Å²) in [6.07, 6.45) is 5.06. The number of rotatable bonds is 4. The molecule has 0 saturated heterocycles. The van der Waals surface area contributed by atoms with Crippen LogP contribution in [0.15, 0.2) is 6.20 Å². The van der Waals surface area contributed by atoms with E-state index in [9.17, 15) is 14.7 Å². The van der Waals surface area contributed by atoms with Crippen LogP contribution in [0.1, 0.15) is 41.7 Å². The molecule has 2 rings (SSSR count). The van der Waals surface area contributed by atoms with Crippen molar-refractivity contribution in [2.24, 2.45) is 11.8 Å². The lowest BCUT2D eigenvalue weighted by Gasteiger charge is -2.28. The topological polar surface area (TPSA) is 95.1 Å². The lowest BCUT2D eigenvalue weighted by Crippen LogP contribution is -2.37. The van der Waals surface area contributed by atoms with Crippen LogP contribution >= 0.6 is 0 Å². The minimum Gasteiger partial charge on any atom is -0.481 e. The van der Waals surface area contributed by atoms with Gasteiger partial charge in [0.05, 0.1) is 17.7 Å². The summed E-state index contributed by atoms with van der Waals surface area (Å²) in [5.74, 6) is -1.25. The summed E-state index contributed by atoms with van der Waals surface area (Å²) in [7, 11) is 0. The quantitative estimate of drug-likeness (QED) is 0.765. The first-order chi connectivity index (χ1) is 9.09. The zero-order valence-corrected chi connectivity index (χ0v) is 11.0. The van der Waals surface area contributed by atoms with Crippen molar-refractivity contribution in [2.75, 3.05) is 6.54 Å². The molecule has 0 bridgehead atoms. The Kier molecular flexibility index (Phi) is 4.19. The van der Waals surface area contributed by atoms with Gasteiger partial charge in [-0.05, 0) is 25.7 Å². The zero-order valence-electron chi connectivity index (χ0n) is 11.0. The molecule has 1 amide bonds. The predicted molar refractivity (Wildman–Crippen MR) is 68.7 cm³/mol. The fourth-order valence-corrected chi connectivity index (χ4v) is 2.68. The number of hydrogen-bond acceptors (Lipinski definition) is 3. The smallest absolute Gasteiger partial charge is 0.306 e. The highest BCUT2D eigenvalue weighted by Gasteiger charge is 2.30. The van der Waals surface area contributed by atoms with Crippen molar-refractivity contribution in [2.45, 2.75) is 32.6 Å². The maximum atomic E-state index is 11.9. The third kappa shape index (κ3) is 3.13. The second-order valence-electron chi connectivity index (χ2n) is 5.11. The Morgan fingerprint density at radius 2 is 2.21 bits per heavy atom. The summed E-state index contributed by atoms with van der Waals surface area (Å²) in [5, 5.41) is 18.5. The van der Waals surface area contributed by atoms with E-state index in [-0.39, 0.29) is 17.7 Å². The summed E-state index contributed by atoms with van der Waals surface area (Å²) in [5.41, 5.74) is 1.23. The standard InChI is InChI=1S/C13H19N3O3/c1-8-11(7-15-16-8)12(17)14-6-9-4-2-3-5-10(9)13(18)19/h7,9-10H,2-6H2,1H3,(H,14,17)(H,15,16)(H,18,19). The molecule has 1 aliphatic rings. The van der Waals surface area contributed by atoms with Crippen LogP contribution in [0.25, 0.3) is 0 Å². The molecule has 0 aliphatic heterocycles. The second kappa shape index (κ2) is 5.86. The Balaban J connectivity index is 1.92. The number of aryl methyl sites for hydroxylation is 1. The number of aromatic nitrogens is 2. The largest absolute Gasteiger partial charge is 0.481 e. The van der Waals surface area contributed by atoms with Gasteiger partial charge in [0.25, 0.3) is 5.91 Å². The minimum atomic E-state index is -0.751. The van der Waals surface area contributed by atoms with E-state index >= 15 is 0 Å². The maximum absolute atomic E-state index is 11.9. The number of carboxylic acid groups (broad SMARTS) is 1.